The second-order valence-electron chi connectivity index (χ2n) is 5.59. The molecular weight excluding hydrogens is 372 g/mol. The second-order valence-corrected chi connectivity index (χ2v) is 7.03. The summed E-state index contributed by atoms with van der Waals surface area (Å²) in [5, 5.41) is 9.45. The minimum Gasteiger partial charge on any atom is -0.308 e. The van der Waals surface area contributed by atoms with Gasteiger partial charge in [-0.25, -0.2) is 9.78 Å². The Kier molecular flexibility index (Phi) is 5.39. The lowest BCUT2D eigenvalue weighted by Gasteiger charge is -2.10. The number of rotatable bonds is 4. The maximum absolute atomic E-state index is 12.2. The number of amides is 3. The molecule has 6 nitrogen and oxygen atoms in total. The molecule has 0 atom stereocenters. The van der Waals surface area contributed by atoms with Gasteiger partial charge in [-0.05, 0) is 42.8 Å². The van der Waals surface area contributed by atoms with Gasteiger partial charge in [0.15, 0.2) is 5.13 Å². The van der Waals surface area contributed by atoms with Crippen LogP contribution in [-0.2, 0) is 4.79 Å². The van der Waals surface area contributed by atoms with Gasteiger partial charge in [-0.1, -0.05) is 35.9 Å². The summed E-state index contributed by atoms with van der Waals surface area (Å²) in [4.78, 5) is 28.1. The third kappa shape index (κ3) is 4.12. The molecule has 0 bridgehead atoms. The van der Waals surface area contributed by atoms with Gasteiger partial charge in [0, 0.05) is 22.8 Å². The maximum atomic E-state index is 12.2. The Labute approximate surface area is 159 Å². The number of thiazole rings is 1. The number of halogens is 1. The Hall–Kier alpha value is -2.64. The molecular formula is C18H17ClN4O2S. The molecule has 134 valence electrons. The topological polar surface area (TPSA) is 83.1 Å². The average molecular weight is 389 g/mol. The highest BCUT2D eigenvalue weighted by molar-refractivity contribution is 7.22. The average Bonchev–Trinajstić information content (AvgIpc) is 3.00. The number of fused-ring (bicyclic) bond motifs is 1. The number of hydrogen-bond donors (Lipinski definition) is 3. The summed E-state index contributed by atoms with van der Waals surface area (Å²) in [7, 11) is 0. The van der Waals surface area contributed by atoms with Crippen LogP contribution in [0.15, 0.2) is 36.4 Å². The summed E-state index contributed by atoms with van der Waals surface area (Å²) in [5.74, 6) is -0.0846. The van der Waals surface area contributed by atoms with Crippen molar-refractivity contribution in [1.29, 1.82) is 0 Å². The third-order valence-electron chi connectivity index (χ3n) is 3.73. The van der Waals surface area contributed by atoms with Crippen molar-refractivity contribution in [2.75, 3.05) is 16.0 Å². The molecule has 8 heteroatoms. The Balaban J connectivity index is 1.73. The molecule has 0 radical (unpaired) electrons. The fourth-order valence-electron chi connectivity index (χ4n) is 2.29. The van der Waals surface area contributed by atoms with E-state index < -0.39 is 0 Å². The lowest BCUT2D eigenvalue weighted by atomic mass is 10.2. The monoisotopic (exact) mass is 388 g/mol. The first-order valence-electron chi connectivity index (χ1n) is 8.00. The molecule has 1 aromatic heterocycles. The zero-order valence-electron chi connectivity index (χ0n) is 14.2. The van der Waals surface area contributed by atoms with Crippen LogP contribution in [0.4, 0.5) is 21.3 Å². The molecule has 3 amide bonds. The van der Waals surface area contributed by atoms with Crippen molar-refractivity contribution in [3.63, 3.8) is 0 Å². The van der Waals surface area contributed by atoms with E-state index in [1.807, 2.05) is 13.0 Å². The number of nitrogens with zero attached hydrogens (tertiary/aromatic N) is 1. The van der Waals surface area contributed by atoms with Crippen LogP contribution in [-0.4, -0.2) is 16.9 Å². The standard InChI is InChI=1S/C18H17ClN4O2S/c1-3-16(24)23-18-22-14-8-7-11(9-15(14)26-18)20-17(25)21-13-6-4-5-12(19)10(13)2/h4-9H,3H2,1-2H3,(H2,20,21,25)(H,22,23,24). The van der Waals surface area contributed by atoms with Crippen LogP contribution in [0.5, 0.6) is 0 Å². The molecule has 0 unspecified atom stereocenters. The minimum atomic E-state index is -0.362. The molecule has 2 aromatic carbocycles. The minimum absolute atomic E-state index is 0.0846. The summed E-state index contributed by atoms with van der Waals surface area (Å²) < 4.78 is 0.869. The molecule has 3 rings (SSSR count). The van der Waals surface area contributed by atoms with Crippen LogP contribution in [0.25, 0.3) is 10.2 Å². The molecule has 0 fully saturated rings. The molecule has 1 heterocycles. The number of hydrogen-bond acceptors (Lipinski definition) is 4. The second kappa shape index (κ2) is 7.72. The van der Waals surface area contributed by atoms with Crippen LogP contribution < -0.4 is 16.0 Å². The van der Waals surface area contributed by atoms with Crippen molar-refractivity contribution < 1.29 is 9.59 Å². The summed E-state index contributed by atoms with van der Waals surface area (Å²) in [6.07, 6.45) is 0.395. The summed E-state index contributed by atoms with van der Waals surface area (Å²) in [6.45, 7) is 3.62. The number of carbonyl (C=O) groups excluding carboxylic acids is 2. The van der Waals surface area contributed by atoms with E-state index in [9.17, 15) is 9.59 Å². The Morgan fingerprint density at radius 2 is 1.96 bits per heavy atom. The van der Waals surface area contributed by atoms with Gasteiger partial charge in [-0.2, -0.15) is 0 Å². The number of nitrogens with one attached hydrogen (secondary N) is 3. The molecule has 0 aliphatic carbocycles. The van der Waals surface area contributed by atoms with E-state index in [1.165, 1.54) is 11.3 Å². The first-order valence-corrected chi connectivity index (χ1v) is 9.19. The van der Waals surface area contributed by atoms with Gasteiger partial charge in [0.05, 0.1) is 10.2 Å². The van der Waals surface area contributed by atoms with Crippen molar-refractivity contribution >= 4 is 61.6 Å². The fraction of sp³-hybridized carbons (Fsp3) is 0.167. The molecule has 26 heavy (non-hydrogen) atoms. The predicted octanol–water partition coefficient (Wildman–Crippen LogP) is 5.25. The van der Waals surface area contributed by atoms with Gasteiger partial charge in [-0.15, -0.1) is 0 Å². The number of urea groups is 1. The van der Waals surface area contributed by atoms with Crippen molar-refractivity contribution in [1.82, 2.24) is 4.98 Å². The van der Waals surface area contributed by atoms with E-state index in [4.69, 9.17) is 11.6 Å². The highest BCUT2D eigenvalue weighted by atomic mass is 35.5. The van der Waals surface area contributed by atoms with Gasteiger partial charge in [0.2, 0.25) is 5.91 Å². The van der Waals surface area contributed by atoms with Crippen LogP contribution in [0.2, 0.25) is 5.02 Å². The van der Waals surface area contributed by atoms with Crippen molar-refractivity contribution in [2.24, 2.45) is 0 Å². The fourth-order valence-corrected chi connectivity index (χ4v) is 3.39. The molecule has 3 N–H and O–H groups in total. The molecule has 0 spiro atoms. The third-order valence-corrected chi connectivity index (χ3v) is 5.07. The van der Waals surface area contributed by atoms with E-state index >= 15 is 0 Å². The summed E-state index contributed by atoms with van der Waals surface area (Å²) >= 11 is 7.42. The summed E-state index contributed by atoms with van der Waals surface area (Å²) in [5.41, 5.74) is 2.85. The van der Waals surface area contributed by atoms with Gasteiger partial charge in [-0.3, -0.25) is 4.79 Å². The number of aromatic nitrogens is 1. The van der Waals surface area contributed by atoms with E-state index in [0.717, 1.165) is 15.8 Å². The first-order chi connectivity index (χ1) is 12.5. The van der Waals surface area contributed by atoms with E-state index in [2.05, 4.69) is 20.9 Å². The van der Waals surface area contributed by atoms with Crippen molar-refractivity contribution in [3.05, 3.63) is 47.0 Å². The quantitative estimate of drug-likeness (QED) is 0.570. The molecule has 3 aromatic rings. The number of benzene rings is 2. The lowest BCUT2D eigenvalue weighted by molar-refractivity contribution is -0.115. The van der Waals surface area contributed by atoms with Crippen LogP contribution in [0.1, 0.15) is 18.9 Å². The number of carbonyl (C=O) groups is 2. The Morgan fingerprint density at radius 3 is 2.73 bits per heavy atom. The van der Waals surface area contributed by atoms with E-state index in [1.54, 1.807) is 37.3 Å². The zero-order chi connectivity index (χ0) is 18.7. The molecule has 0 aliphatic rings. The van der Waals surface area contributed by atoms with E-state index in [0.29, 0.717) is 27.9 Å². The van der Waals surface area contributed by atoms with Gasteiger partial charge in [0.25, 0.3) is 0 Å². The largest absolute Gasteiger partial charge is 0.323 e. The molecule has 0 aliphatic heterocycles. The maximum Gasteiger partial charge on any atom is 0.323 e. The molecule has 0 saturated heterocycles. The van der Waals surface area contributed by atoms with Crippen LogP contribution in [0.3, 0.4) is 0 Å². The van der Waals surface area contributed by atoms with Crippen molar-refractivity contribution in [3.8, 4) is 0 Å². The lowest BCUT2D eigenvalue weighted by Crippen LogP contribution is -2.19. The highest BCUT2D eigenvalue weighted by Crippen LogP contribution is 2.29. The summed E-state index contributed by atoms with van der Waals surface area (Å²) in [6, 6.07) is 10.4. The SMILES string of the molecule is CCC(=O)Nc1nc2ccc(NC(=O)Nc3cccc(Cl)c3C)cc2s1. The van der Waals surface area contributed by atoms with Gasteiger partial charge >= 0.3 is 6.03 Å². The highest BCUT2D eigenvalue weighted by Gasteiger charge is 2.10. The number of anilines is 3. The van der Waals surface area contributed by atoms with Crippen LogP contribution in [0, 0.1) is 6.92 Å². The Morgan fingerprint density at radius 1 is 1.15 bits per heavy atom. The van der Waals surface area contributed by atoms with Gasteiger partial charge in [0.1, 0.15) is 0 Å². The van der Waals surface area contributed by atoms with Crippen molar-refractivity contribution in [2.45, 2.75) is 20.3 Å². The van der Waals surface area contributed by atoms with Gasteiger partial charge < -0.3 is 16.0 Å². The van der Waals surface area contributed by atoms with E-state index in [-0.39, 0.29) is 11.9 Å². The normalized spacial score (nSPS) is 10.6. The zero-order valence-corrected chi connectivity index (χ0v) is 15.8. The van der Waals surface area contributed by atoms with Crippen LogP contribution >= 0.6 is 22.9 Å². The molecule has 0 saturated carbocycles. The Bertz CT molecular complexity index is 986. The first kappa shape index (κ1) is 18.2. The predicted molar refractivity (Wildman–Crippen MR) is 107 cm³/mol. The smallest absolute Gasteiger partial charge is 0.308 e.